The number of fused-ring (bicyclic) bond motifs is 4. The molecule has 0 atom stereocenters. The lowest BCUT2D eigenvalue weighted by Crippen LogP contribution is -1.91. The largest absolute Gasteiger partial charge is 0.456 e. The fraction of sp³-hybridized carbons (Fsp3) is 0. The molecular weight excluding hydrogens is 731 g/mol. The summed E-state index contributed by atoms with van der Waals surface area (Å²) in [7, 11) is 0. The fourth-order valence-electron chi connectivity index (χ4n) is 8.19. The van der Waals surface area contributed by atoms with Gasteiger partial charge in [-0.3, -0.25) is 0 Å². The molecule has 0 fully saturated rings. The lowest BCUT2D eigenvalue weighted by Gasteiger charge is -2.13. The van der Waals surface area contributed by atoms with E-state index in [1.165, 1.54) is 38.9 Å². The Hall–Kier alpha value is -8.01. The molecule has 0 saturated carbocycles. The van der Waals surface area contributed by atoms with Gasteiger partial charge in [0.25, 0.3) is 0 Å². The maximum Gasteiger partial charge on any atom is 0.227 e. The van der Waals surface area contributed by atoms with E-state index >= 15 is 0 Å². The van der Waals surface area contributed by atoms with Crippen LogP contribution >= 0.6 is 0 Å². The second-order valence-corrected chi connectivity index (χ2v) is 15.2. The highest BCUT2D eigenvalue weighted by Gasteiger charge is 2.15. The summed E-state index contributed by atoms with van der Waals surface area (Å²) < 4.78 is 12.7. The van der Waals surface area contributed by atoms with Crippen LogP contribution in [0.1, 0.15) is 16.7 Å². The van der Waals surface area contributed by atoms with Crippen molar-refractivity contribution in [3.63, 3.8) is 0 Å². The van der Waals surface area contributed by atoms with Gasteiger partial charge in [-0.05, 0) is 109 Å². The average molecular weight is 768 g/mol. The number of hydrogen-bond donors (Lipinski definition) is 0. The molecule has 60 heavy (non-hydrogen) atoms. The summed E-state index contributed by atoms with van der Waals surface area (Å²) in [6, 6.07) is 76.9. The first-order valence-electron chi connectivity index (χ1n) is 20.3. The summed E-state index contributed by atoms with van der Waals surface area (Å²) in [5, 5.41) is 2.04. The molecule has 0 amide bonds. The van der Waals surface area contributed by atoms with Gasteiger partial charge in [0.1, 0.15) is 16.7 Å². The lowest BCUT2D eigenvalue weighted by atomic mass is 9.91. The van der Waals surface area contributed by atoms with Crippen molar-refractivity contribution in [3.05, 3.63) is 235 Å². The van der Waals surface area contributed by atoms with Crippen LogP contribution in [0.15, 0.2) is 227 Å². The summed E-state index contributed by atoms with van der Waals surface area (Å²) in [6.45, 7) is 0. The molecule has 11 rings (SSSR count). The summed E-state index contributed by atoms with van der Waals surface area (Å²) in [5.41, 5.74) is 18.0. The van der Waals surface area contributed by atoms with Crippen LogP contribution in [0.2, 0.25) is 0 Å². The van der Waals surface area contributed by atoms with Crippen LogP contribution in [-0.4, -0.2) is 4.98 Å². The van der Waals surface area contributed by atoms with Gasteiger partial charge in [0.05, 0.1) is 0 Å². The standard InChI is InChI=1S/C57H37NO2/c1-4-11-39(12-5-1)41-20-22-43(23-21-41)44-28-30-46(31-29-44)51(49-18-10-17-48(35-49)45-26-24-42(25-27-45)40-13-6-2-7-14-40)33-38-19-32-50-52-36-56-53(37-55(52)59-54(50)34-38)58-57(60-56)47-15-8-3-9-16-47/h1-37H/b51-33+. The minimum Gasteiger partial charge on any atom is -0.456 e. The van der Waals surface area contributed by atoms with E-state index < -0.39 is 0 Å². The maximum atomic E-state index is 6.52. The maximum absolute atomic E-state index is 6.52. The second kappa shape index (κ2) is 15.1. The third-order valence-corrected chi connectivity index (χ3v) is 11.4. The van der Waals surface area contributed by atoms with Crippen LogP contribution in [0, 0.1) is 0 Å². The van der Waals surface area contributed by atoms with E-state index in [-0.39, 0.29) is 0 Å². The Morgan fingerprint density at radius 1 is 0.333 bits per heavy atom. The molecule has 3 heteroatoms. The molecule has 0 bridgehead atoms. The summed E-state index contributed by atoms with van der Waals surface area (Å²) >= 11 is 0. The molecule has 3 nitrogen and oxygen atoms in total. The van der Waals surface area contributed by atoms with Crippen molar-refractivity contribution >= 4 is 44.7 Å². The van der Waals surface area contributed by atoms with Gasteiger partial charge in [0.15, 0.2) is 5.58 Å². The second-order valence-electron chi connectivity index (χ2n) is 15.2. The highest BCUT2D eigenvalue weighted by Crippen LogP contribution is 2.37. The third kappa shape index (κ3) is 6.78. The normalized spacial score (nSPS) is 11.8. The zero-order valence-corrected chi connectivity index (χ0v) is 32.6. The van der Waals surface area contributed by atoms with E-state index in [1.54, 1.807) is 0 Å². The molecule has 2 aromatic heterocycles. The number of hydrogen-bond acceptors (Lipinski definition) is 3. The summed E-state index contributed by atoms with van der Waals surface area (Å²) in [4.78, 5) is 4.78. The molecule has 0 spiro atoms. The van der Waals surface area contributed by atoms with Crippen molar-refractivity contribution in [1.82, 2.24) is 4.98 Å². The Balaban J connectivity index is 0.968. The van der Waals surface area contributed by atoms with Gasteiger partial charge in [-0.1, -0.05) is 176 Å². The van der Waals surface area contributed by atoms with Gasteiger partial charge in [-0.25, -0.2) is 4.98 Å². The number of aromatic nitrogens is 1. The molecule has 0 unspecified atom stereocenters. The Kier molecular flexibility index (Phi) is 8.83. The molecule has 0 saturated heterocycles. The van der Waals surface area contributed by atoms with Gasteiger partial charge in [0.2, 0.25) is 5.89 Å². The summed E-state index contributed by atoms with van der Waals surface area (Å²) in [5.74, 6) is 0.602. The van der Waals surface area contributed by atoms with Crippen LogP contribution in [0.4, 0.5) is 0 Å². The van der Waals surface area contributed by atoms with E-state index in [2.05, 4.69) is 182 Å². The average Bonchev–Trinajstić information content (AvgIpc) is 3.91. The SMILES string of the molecule is C(=C(/c1ccc(-c2ccc(-c3ccccc3)cc2)cc1)c1cccc(-c2ccc(-c3ccccc3)cc2)c1)/c1ccc2c(c1)oc1cc3nc(-c4ccccc4)oc3cc12. The molecule has 0 aliphatic heterocycles. The Morgan fingerprint density at radius 3 is 1.43 bits per heavy atom. The van der Waals surface area contributed by atoms with Crippen LogP contribution < -0.4 is 0 Å². The number of benzene rings is 9. The van der Waals surface area contributed by atoms with Gasteiger partial charge < -0.3 is 8.83 Å². The summed E-state index contributed by atoms with van der Waals surface area (Å²) in [6.07, 6.45) is 2.27. The minimum atomic E-state index is 0.602. The van der Waals surface area contributed by atoms with Crippen LogP contribution in [0.3, 0.4) is 0 Å². The van der Waals surface area contributed by atoms with E-state index in [1.807, 2.05) is 42.5 Å². The molecule has 0 radical (unpaired) electrons. The predicted octanol–water partition coefficient (Wildman–Crippen LogP) is 15.7. The van der Waals surface area contributed by atoms with E-state index in [9.17, 15) is 0 Å². The number of nitrogens with zero attached hydrogens (tertiary/aromatic N) is 1. The lowest BCUT2D eigenvalue weighted by molar-refractivity contribution is 0.620. The quantitative estimate of drug-likeness (QED) is 0.145. The molecule has 0 aliphatic rings. The predicted molar refractivity (Wildman–Crippen MR) is 248 cm³/mol. The molecule has 9 aromatic carbocycles. The van der Waals surface area contributed by atoms with Gasteiger partial charge in [-0.2, -0.15) is 0 Å². The van der Waals surface area contributed by atoms with Crippen LogP contribution in [0.25, 0.3) is 101 Å². The molecular formula is C57H37NO2. The van der Waals surface area contributed by atoms with Crippen molar-refractivity contribution in [2.24, 2.45) is 0 Å². The van der Waals surface area contributed by atoms with Crippen LogP contribution in [0.5, 0.6) is 0 Å². The van der Waals surface area contributed by atoms with Crippen molar-refractivity contribution in [2.75, 3.05) is 0 Å². The van der Waals surface area contributed by atoms with Crippen molar-refractivity contribution < 1.29 is 8.83 Å². The molecule has 0 N–H and O–H groups in total. The zero-order valence-electron chi connectivity index (χ0n) is 32.6. The monoisotopic (exact) mass is 767 g/mol. The minimum absolute atomic E-state index is 0.602. The van der Waals surface area contributed by atoms with Crippen LogP contribution in [-0.2, 0) is 0 Å². The molecule has 2 heterocycles. The molecule has 11 aromatic rings. The van der Waals surface area contributed by atoms with Gasteiger partial charge >= 0.3 is 0 Å². The van der Waals surface area contributed by atoms with Crippen molar-refractivity contribution in [3.8, 4) is 56.0 Å². The van der Waals surface area contributed by atoms with Crippen molar-refractivity contribution in [1.29, 1.82) is 0 Å². The topological polar surface area (TPSA) is 39.2 Å². The number of furan rings is 1. The zero-order chi connectivity index (χ0) is 39.8. The van der Waals surface area contributed by atoms with E-state index in [0.717, 1.165) is 66.4 Å². The Bertz CT molecular complexity index is 3300. The molecule has 0 aliphatic carbocycles. The number of rotatable bonds is 8. The Labute approximate surface area is 348 Å². The molecule has 282 valence electrons. The Morgan fingerprint density at radius 2 is 0.833 bits per heavy atom. The van der Waals surface area contributed by atoms with E-state index in [4.69, 9.17) is 13.8 Å². The first kappa shape index (κ1) is 35.2. The third-order valence-electron chi connectivity index (χ3n) is 11.4. The number of oxazole rings is 1. The van der Waals surface area contributed by atoms with Gasteiger partial charge in [-0.15, -0.1) is 0 Å². The smallest absolute Gasteiger partial charge is 0.227 e. The van der Waals surface area contributed by atoms with Crippen molar-refractivity contribution in [2.45, 2.75) is 0 Å². The first-order chi connectivity index (χ1) is 29.7. The highest BCUT2D eigenvalue weighted by molar-refractivity contribution is 6.09. The van der Waals surface area contributed by atoms with E-state index in [0.29, 0.717) is 5.89 Å². The fourth-order valence-corrected chi connectivity index (χ4v) is 8.19. The first-order valence-corrected chi connectivity index (χ1v) is 20.3. The highest BCUT2D eigenvalue weighted by atomic mass is 16.4. The van der Waals surface area contributed by atoms with Gasteiger partial charge in [0, 0.05) is 22.4 Å².